The van der Waals surface area contributed by atoms with Gasteiger partial charge in [0.15, 0.2) is 0 Å². The number of aromatic carboxylic acids is 1. The van der Waals surface area contributed by atoms with Crippen molar-refractivity contribution in [3.8, 4) is 0 Å². The van der Waals surface area contributed by atoms with Gasteiger partial charge in [-0.25, -0.2) is 4.79 Å². The Morgan fingerprint density at radius 1 is 1.11 bits per heavy atom. The van der Waals surface area contributed by atoms with Crippen molar-refractivity contribution >= 4 is 17.9 Å². The average Bonchev–Trinajstić information content (AvgIpc) is 2.38. The molecule has 2 aromatic rings. The molecule has 1 N–H and O–H groups in total. The van der Waals surface area contributed by atoms with E-state index in [1.54, 1.807) is 30.5 Å². The van der Waals surface area contributed by atoms with Crippen LogP contribution >= 0.6 is 0 Å². The molecule has 2 rings (SSSR count). The van der Waals surface area contributed by atoms with Crippen LogP contribution in [0.4, 0.5) is 5.69 Å². The Morgan fingerprint density at radius 3 is 2.50 bits per heavy atom. The molecule has 0 aliphatic rings. The van der Waals surface area contributed by atoms with Crippen LogP contribution < -0.4 is 0 Å². The van der Waals surface area contributed by atoms with E-state index in [1.807, 2.05) is 31.2 Å². The van der Waals surface area contributed by atoms with Crippen LogP contribution in [0.1, 0.15) is 21.5 Å². The number of rotatable bonds is 3. The summed E-state index contributed by atoms with van der Waals surface area (Å²) >= 11 is 0. The minimum absolute atomic E-state index is 0.210. The van der Waals surface area contributed by atoms with Crippen LogP contribution in [0.15, 0.2) is 53.5 Å². The molecule has 0 aromatic heterocycles. The number of hydrogen-bond donors (Lipinski definition) is 1. The lowest BCUT2D eigenvalue weighted by molar-refractivity contribution is 0.0698. The smallest absolute Gasteiger partial charge is 0.337 e. The van der Waals surface area contributed by atoms with Crippen LogP contribution in [0.25, 0.3) is 0 Å². The molecule has 0 unspecified atom stereocenters. The summed E-state index contributed by atoms with van der Waals surface area (Å²) in [7, 11) is 0. The first-order chi connectivity index (χ1) is 8.68. The van der Waals surface area contributed by atoms with E-state index < -0.39 is 5.97 Å². The third kappa shape index (κ3) is 2.63. The molecule has 3 nitrogen and oxygen atoms in total. The van der Waals surface area contributed by atoms with Gasteiger partial charge in [-0.05, 0) is 30.2 Å². The molecule has 0 spiro atoms. The summed E-state index contributed by atoms with van der Waals surface area (Å²) in [6.45, 7) is 1.99. The minimum Gasteiger partial charge on any atom is -0.478 e. The van der Waals surface area contributed by atoms with E-state index in [4.69, 9.17) is 5.11 Å². The van der Waals surface area contributed by atoms with Crippen LogP contribution in [0, 0.1) is 6.92 Å². The lowest BCUT2D eigenvalue weighted by Gasteiger charge is -2.01. The molecule has 3 heteroatoms. The molecule has 0 saturated carbocycles. The predicted molar refractivity (Wildman–Crippen MR) is 71.8 cm³/mol. The zero-order valence-corrected chi connectivity index (χ0v) is 10.00. The van der Waals surface area contributed by atoms with Gasteiger partial charge in [-0.1, -0.05) is 36.4 Å². The molecule has 0 aliphatic carbocycles. The quantitative estimate of drug-likeness (QED) is 0.834. The van der Waals surface area contributed by atoms with Gasteiger partial charge in [0.2, 0.25) is 0 Å². The Labute approximate surface area is 105 Å². The van der Waals surface area contributed by atoms with Gasteiger partial charge >= 0.3 is 5.97 Å². The molecule has 0 heterocycles. The van der Waals surface area contributed by atoms with Gasteiger partial charge in [0.1, 0.15) is 0 Å². The summed E-state index contributed by atoms with van der Waals surface area (Å²) in [4.78, 5) is 15.3. The molecule has 0 bridgehead atoms. The summed E-state index contributed by atoms with van der Waals surface area (Å²) in [6, 6.07) is 14.5. The summed E-state index contributed by atoms with van der Waals surface area (Å²) in [5.41, 5.74) is 2.77. The fourth-order valence-electron chi connectivity index (χ4n) is 1.64. The van der Waals surface area contributed by atoms with E-state index in [9.17, 15) is 4.79 Å². The maximum Gasteiger partial charge on any atom is 0.337 e. The van der Waals surface area contributed by atoms with E-state index in [0.717, 1.165) is 11.1 Å². The number of hydrogen-bond acceptors (Lipinski definition) is 2. The fourth-order valence-corrected chi connectivity index (χ4v) is 1.64. The van der Waals surface area contributed by atoms with E-state index in [-0.39, 0.29) is 5.56 Å². The second-order valence-electron chi connectivity index (χ2n) is 3.94. The van der Waals surface area contributed by atoms with Crippen LogP contribution in [0.2, 0.25) is 0 Å². The average molecular weight is 239 g/mol. The highest BCUT2D eigenvalue weighted by Gasteiger charge is 2.07. The summed E-state index contributed by atoms with van der Waals surface area (Å²) in [5, 5.41) is 9.04. The number of nitrogens with zero attached hydrogens (tertiary/aromatic N) is 1. The number of benzene rings is 2. The summed E-state index contributed by atoms with van der Waals surface area (Å²) < 4.78 is 0. The number of carboxylic acids is 1. The Hall–Kier alpha value is -2.42. The number of aliphatic imine (C=N–C) groups is 1. The highest BCUT2D eigenvalue weighted by Crippen LogP contribution is 2.18. The molecule has 90 valence electrons. The number of para-hydroxylation sites is 1. The first-order valence-corrected chi connectivity index (χ1v) is 5.60. The zero-order valence-electron chi connectivity index (χ0n) is 10.00. The zero-order chi connectivity index (χ0) is 13.0. The maximum absolute atomic E-state index is 11.0. The Bertz CT molecular complexity index is 603. The van der Waals surface area contributed by atoms with Gasteiger partial charge in [-0.3, -0.25) is 4.99 Å². The monoisotopic (exact) mass is 239 g/mol. The van der Waals surface area contributed by atoms with Gasteiger partial charge in [-0.15, -0.1) is 0 Å². The van der Waals surface area contributed by atoms with Crippen molar-refractivity contribution in [2.75, 3.05) is 0 Å². The highest BCUT2D eigenvalue weighted by molar-refractivity contribution is 5.95. The Morgan fingerprint density at radius 2 is 1.78 bits per heavy atom. The molecule has 0 amide bonds. The SMILES string of the molecule is Cc1ccccc1C=Nc1ccccc1C(=O)O. The largest absolute Gasteiger partial charge is 0.478 e. The van der Waals surface area contributed by atoms with Crippen LogP contribution in [0.5, 0.6) is 0 Å². The Balaban J connectivity index is 2.35. The second kappa shape index (κ2) is 5.27. The second-order valence-corrected chi connectivity index (χ2v) is 3.94. The Kier molecular flexibility index (Phi) is 3.53. The molecule has 0 radical (unpaired) electrons. The normalized spacial score (nSPS) is 10.7. The van der Waals surface area contributed by atoms with E-state index in [0.29, 0.717) is 5.69 Å². The highest BCUT2D eigenvalue weighted by atomic mass is 16.4. The van der Waals surface area contributed by atoms with Gasteiger partial charge in [0.05, 0.1) is 11.3 Å². The number of carbonyl (C=O) groups is 1. The first-order valence-electron chi connectivity index (χ1n) is 5.60. The van der Waals surface area contributed by atoms with Crippen LogP contribution in [0.3, 0.4) is 0 Å². The van der Waals surface area contributed by atoms with Crippen LogP contribution in [-0.2, 0) is 0 Å². The van der Waals surface area contributed by atoms with Gasteiger partial charge in [-0.2, -0.15) is 0 Å². The standard InChI is InChI=1S/C15H13NO2/c1-11-6-2-3-7-12(11)10-16-14-9-5-4-8-13(14)15(17)18/h2-10H,1H3,(H,17,18). The maximum atomic E-state index is 11.0. The topological polar surface area (TPSA) is 49.7 Å². The third-order valence-electron chi connectivity index (χ3n) is 2.67. The van der Waals surface area contributed by atoms with E-state index >= 15 is 0 Å². The van der Waals surface area contributed by atoms with E-state index in [2.05, 4.69) is 4.99 Å². The van der Waals surface area contributed by atoms with Gasteiger partial charge in [0, 0.05) is 6.21 Å². The van der Waals surface area contributed by atoms with Crippen molar-refractivity contribution in [2.45, 2.75) is 6.92 Å². The van der Waals surface area contributed by atoms with Gasteiger partial charge < -0.3 is 5.11 Å². The van der Waals surface area contributed by atoms with Crippen molar-refractivity contribution in [1.82, 2.24) is 0 Å². The lowest BCUT2D eigenvalue weighted by atomic mass is 10.1. The van der Waals surface area contributed by atoms with E-state index in [1.165, 1.54) is 0 Å². The number of aryl methyl sites for hydroxylation is 1. The molecule has 0 saturated heterocycles. The molecule has 2 aromatic carbocycles. The van der Waals surface area contributed by atoms with Crippen molar-refractivity contribution in [3.05, 3.63) is 65.2 Å². The molecular weight excluding hydrogens is 226 g/mol. The fraction of sp³-hybridized carbons (Fsp3) is 0.0667. The predicted octanol–water partition coefficient (Wildman–Crippen LogP) is 3.44. The molecule has 18 heavy (non-hydrogen) atoms. The summed E-state index contributed by atoms with van der Waals surface area (Å²) in [6.07, 6.45) is 1.69. The van der Waals surface area contributed by atoms with Crippen molar-refractivity contribution < 1.29 is 9.90 Å². The van der Waals surface area contributed by atoms with Crippen molar-refractivity contribution in [2.24, 2.45) is 4.99 Å². The lowest BCUT2D eigenvalue weighted by Crippen LogP contribution is -1.96. The third-order valence-corrected chi connectivity index (χ3v) is 2.67. The number of carboxylic acid groups (broad SMARTS) is 1. The molecule has 0 aliphatic heterocycles. The molecular formula is C15H13NO2. The van der Waals surface area contributed by atoms with Crippen LogP contribution in [-0.4, -0.2) is 17.3 Å². The first kappa shape index (κ1) is 12.0. The van der Waals surface area contributed by atoms with Crippen molar-refractivity contribution in [3.63, 3.8) is 0 Å². The molecule has 0 atom stereocenters. The van der Waals surface area contributed by atoms with Gasteiger partial charge in [0.25, 0.3) is 0 Å². The van der Waals surface area contributed by atoms with Crippen molar-refractivity contribution in [1.29, 1.82) is 0 Å². The molecule has 0 fully saturated rings. The summed E-state index contributed by atoms with van der Waals surface area (Å²) in [5.74, 6) is -0.965. The minimum atomic E-state index is -0.965.